The third kappa shape index (κ3) is 2.70. The van der Waals surface area contributed by atoms with Gasteiger partial charge in [0.15, 0.2) is 5.13 Å². The van der Waals surface area contributed by atoms with Gasteiger partial charge in [-0.1, -0.05) is 29.5 Å². The lowest BCUT2D eigenvalue weighted by atomic mass is 10.2. The van der Waals surface area contributed by atoms with Gasteiger partial charge in [-0.2, -0.15) is 0 Å². The summed E-state index contributed by atoms with van der Waals surface area (Å²) in [5.41, 5.74) is 6.20. The van der Waals surface area contributed by atoms with Crippen LogP contribution in [-0.2, 0) is 5.75 Å². The maximum absolute atomic E-state index is 13.2. The van der Waals surface area contributed by atoms with Gasteiger partial charge in [-0.05, 0) is 11.6 Å². The van der Waals surface area contributed by atoms with Gasteiger partial charge in [0, 0.05) is 5.75 Å². The largest absolute Gasteiger partial charge is 0.375 e. The zero-order chi connectivity index (χ0) is 10.7. The number of benzene rings is 1. The molecule has 1 aromatic carbocycles. The molecule has 0 fully saturated rings. The Bertz CT molecular complexity index is 456. The highest BCUT2D eigenvalue weighted by atomic mass is 32.2. The summed E-state index contributed by atoms with van der Waals surface area (Å²) in [5, 5.41) is 0.547. The molecule has 0 atom stereocenters. The number of thioether (sulfide) groups is 1. The molecule has 0 aliphatic carbocycles. The van der Waals surface area contributed by atoms with Crippen molar-refractivity contribution in [2.24, 2.45) is 0 Å². The van der Waals surface area contributed by atoms with Crippen LogP contribution >= 0.6 is 23.1 Å². The molecule has 78 valence electrons. The number of thiazole rings is 1. The van der Waals surface area contributed by atoms with E-state index in [4.69, 9.17) is 5.73 Å². The van der Waals surface area contributed by atoms with Crippen LogP contribution in [0.3, 0.4) is 0 Å². The summed E-state index contributed by atoms with van der Waals surface area (Å²) in [6.07, 6.45) is 1.71. The van der Waals surface area contributed by atoms with E-state index < -0.39 is 0 Å². The fourth-order valence-corrected chi connectivity index (χ4v) is 2.85. The number of rotatable bonds is 3. The van der Waals surface area contributed by atoms with Crippen LogP contribution in [0, 0.1) is 5.82 Å². The Kier molecular flexibility index (Phi) is 3.23. The smallest absolute Gasteiger partial charge is 0.181 e. The molecule has 2 aromatic rings. The first-order valence-corrected chi connectivity index (χ1v) is 6.13. The predicted molar refractivity (Wildman–Crippen MR) is 62.5 cm³/mol. The van der Waals surface area contributed by atoms with Gasteiger partial charge >= 0.3 is 0 Å². The fourth-order valence-electron chi connectivity index (χ4n) is 1.10. The van der Waals surface area contributed by atoms with Crippen LogP contribution in [0.5, 0.6) is 0 Å². The highest BCUT2D eigenvalue weighted by Gasteiger charge is 2.03. The second kappa shape index (κ2) is 4.63. The Hall–Kier alpha value is -1.07. The van der Waals surface area contributed by atoms with E-state index >= 15 is 0 Å². The molecule has 0 bridgehead atoms. The first-order valence-electron chi connectivity index (χ1n) is 4.33. The predicted octanol–water partition coefficient (Wildman–Crippen LogP) is 3.16. The summed E-state index contributed by atoms with van der Waals surface area (Å²) >= 11 is 2.96. The highest BCUT2D eigenvalue weighted by molar-refractivity contribution is 8.00. The topological polar surface area (TPSA) is 38.9 Å². The van der Waals surface area contributed by atoms with Crippen molar-refractivity contribution in [1.29, 1.82) is 0 Å². The quantitative estimate of drug-likeness (QED) is 0.838. The molecule has 0 radical (unpaired) electrons. The number of hydrogen-bond acceptors (Lipinski definition) is 4. The van der Waals surface area contributed by atoms with Gasteiger partial charge in [0.1, 0.15) is 5.82 Å². The molecule has 1 heterocycles. The molecule has 2 nitrogen and oxygen atoms in total. The molecular formula is C10H9FN2S2. The first-order chi connectivity index (χ1) is 7.25. The second-order valence-electron chi connectivity index (χ2n) is 2.90. The van der Waals surface area contributed by atoms with Crippen molar-refractivity contribution in [2.45, 2.75) is 9.96 Å². The van der Waals surface area contributed by atoms with E-state index in [1.54, 1.807) is 30.1 Å². The molecule has 0 saturated heterocycles. The van der Waals surface area contributed by atoms with Crippen LogP contribution < -0.4 is 5.73 Å². The maximum atomic E-state index is 13.2. The maximum Gasteiger partial charge on any atom is 0.181 e. The first kappa shape index (κ1) is 10.4. The summed E-state index contributed by atoms with van der Waals surface area (Å²) in [6.45, 7) is 0. The summed E-state index contributed by atoms with van der Waals surface area (Å²) < 4.78 is 14.3. The number of hydrogen-bond donors (Lipinski definition) is 1. The van der Waals surface area contributed by atoms with E-state index in [1.807, 2.05) is 6.07 Å². The van der Waals surface area contributed by atoms with Crippen molar-refractivity contribution in [3.8, 4) is 0 Å². The minimum absolute atomic E-state index is 0.164. The molecule has 0 spiro atoms. The average molecular weight is 240 g/mol. The van der Waals surface area contributed by atoms with Gasteiger partial charge in [0.05, 0.1) is 10.4 Å². The lowest BCUT2D eigenvalue weighted by Crippen LogP contribution is -1.85. The molecule has 0 aliphatic rings. The Morgan fingerprint density at radius 1 is 1.40 bits per heavy atom. The van der Waals surface area contributed by atoms with Crippen molar-refractivity contribution >= 4 is 28.2 Å². The Morgan fingerprint density at radius 2 is 2.20 bits per heavy atom. The Balaban J connectivity index is 2.02. The monoisotopic (exact) mass is 240 g/mol. The minimum atomic E-state index is -0.164. The van der Waals surface area contributed by atoms with Gasteiger partial charge in [0.25, 0.3) is 0 Å². The van der Waals surface area contributed by atoms with E-state index in [9.17, 15) is 4.39 Å². The van der Waals surface area contributed by atoms with Crippen LogP contribution in [0.25, 0.3) is 0 Å². The molecule has 0 aliphatic heterocycles. The van der Waals surface area contributed by atoms with Crippen molar-refractivity contribution in [3.63, 3.8) is 0 Å². The van der Waals surface area contributed by atoms with Crippen LogP contribution in [0.15, 0.2) is 34.7 Å². The molecule has 0 saturated carbocycles. The molecule has 1 aromatic heterocycles. The van der Waals surface area contributed by atoms with E-state index in [2.05, 4.69) is 4.98 Å². The molecule has 5 heteroatoms. The average Bonchev–Trinajstić information content (AvgIpc) is 2.63. The number of nitrogen functional groups attached to an aromatic ring is 1. The number of anilines is 1. The van der Waals surface area contributed by atoms with Crippen LogP contribution in [0.1, 0.15) is 5.56 Å². The van der Waals surface area contributed by atoms with Gasteiger partial charge in [-0.3, -0.25) is 0 Å². The Morgan fingerprint density at radius 3 is 2.87 bits per heavy atom. The molecule has 0 unspecified atom stereocenters. The van der Waals surface area contributed by atoms with Crippen LogP contribution in [-0.4, -0.2) is 4.98 Å². The standard InChI is InChI=1S/C10H9FN2S2/c11-8-4-2-1-3-7(8)6-14-9-5-13-10(12)15-9/h1-5H,6H2,(H2,12,13). The highest BCUT2D eigenvalue weighted by Crippen LogP contribution is 2.29. The zero-order valence-corrected chi connectivity index (χ0v) is 9.45. The molecule has 2 N–H and O–H groups in total. The van der Waals surface area contributed by atoms with Gasteiger partial charge in [-0.25, -0.2) is 9.37 Å². The van der Waals surface area contributed by atoms with Crippen molar-refractivity contribution in [1.82, 2.24) is 4.98 Å². The van der Waals surface area contributed by atoms with E-state index in [0.717, 1.165) is 4.21 Å². The second-order valence-corrected chi connectivity index (χ2v) is 5.24. The van der Waals surface area contributed by atoms with Crippen LogP contribution in [0.2, 0.25) is 0 Å². The van der Waals surface area contributed by atoms with E-state index in [-0.39, 0.29) is 5.82 Å². The molecule has 15 heavy (non-hydrogen) atoms. The Labute approximate surface area is 95.3 Å². The summed E-state index contributed by atoms with van der Waals surface area (Å²) in [4.78, 5) is 3.93. The fraction of sp³-hybridized carbons (Fsp3) is 0.100. The summed E-state index contributed by atoms with van der Waals surface area (Å²) in [5.74, 6) is 0.441. The summed E-state index contributed by atoms with van der Waals surface area (Å²) in [7, 11) is 0. The lowest BCUT2D eigenvalue weighted by Gasteiger charge is -2.00. The van der Waals surface area contributed by atoms with Gasteiger partial charge < -0.3 is 5.73 Å². The van der Waals surface area contributed by atoms with Gasteiger partial charge in [-0.15, -0.1) is 11.8 Å². The third-order valence-electron chi connectivity index (χ3n) is 1.83. The summed E-state index contributed by atoms with van der Waals surface area (Å²) in [6, 6.07) is 6.78. The van der Waals surface area contributed by atoms with Crippen LogP contribution in [0.4, 0.5) is 9.52 Å². The number of halogens is 1. The zero-order valence-electron chi connectivity index (χ0n) is 7.81. The number of nitrogens with zero attached hydrogens (tertiary/aromatic N) is 1. The normalized spacial score (nSPS) is 10.5. The van der Waals surface area contributed by atoms with E-state index in [1.165, 1.54) is 17.4 Å². The van der Waals surface area contributed by atoms with Gasteiger partial charge in [0.2, 0.25) is 0 Å². The number of nitrogens with two attached hydrogens (primary N) is 1. The van der Waals surface area contributed by atoms with Crippen molar-refractivity contribution in [2.75, 3.05) is 5.73 Å². The minimum Gasteiger partial charge on any atom is -0.375 e. The molecule has 2 rings (SSSR count). The van der Waals surface area contributed by atoms with Crippen molar-refractivity contribution in [3.05, 3.63) is 41.8 Å². The third-order valence-corrected chi connectivity index (χ3v) is 3.90. The SMILES string of the molecule is Nc1ncc(SCc2ccccc2F)s1. The van der Waals surface area contributed by atoms with Crippen molar-refractivity contribution < 1.29 is 4.39 Å². The lowest BCUT2D eigenvalue weighted by molar-refractivity contribution is 0.617. The molecular weight excluding hydrogens is 231 g/mol. The number of aromatic nitrogens is 1. The van der Waals surface area contributed by atoms with E-state index in [0.29, 0.717) is 16.4 Å². The molecule has 0 amide bonds.